The van der Waals surface area contributed by atoms with Crippen LogP contribution >= 0.6 is 0 Å². The Hall–Kier alpha value is -6.18. The molecule has 3 atom stereocenters. The molecule has 1 aliphatic heterocycles. The third-order valence-corrected chi connectivity index (χ3v) is 10.4. The second-order valence-electron chi connectivity index (χ2n) is 13.3. The van der Waals surface area contributed by atoms with Crippen molar-refractivity contribution in [2.24, 2.45) is 0 Å². The lowest BCUT2D eigenvalue weighted by atomic mass is 9.99. The molecule has 0 amide bonds. The Labute approximate surface area is 292 Å². The molecule has 1 saturated heterocycles. The number of fused-ring (bicyclic) bond motifs is 9. The van der Waals surface area contributed by atoms with Crippen molar-refractivity contribution in [2.45, 2.75) is 18.5 Å². The average molecular weight is 662 g/mol. The van der Waals surface area contributed by atoms with Gasteiger partial charge in [-0.15, -0.1) is 0 Å². The summed E-state index contributed by atoms with van der Waals surface area (Å²) < 4.78 is 19.5. The molecule has 4 heterocycles. The maximum Gasteiger partial charge on any atom is 0.143 e. The number of furan rings is 3. The van der Waals surface area contributed by atoms with E-state index in [-0.39, 0.29) is 18.5 Å². The van der Waals surface area contributed by atoms with Crippen LogP contribution in [0.3, 0.4) is 0 Å². The lowest BCUT2D eigenvalue weighted by Gasteiger charge is -2.39. The standard InChI is InChI=1S/C45H31N3O3/c1-2-11-26(12-3-1)43-46-44(48-45(47-43)35-19-10-22-38-40(35)34-14-5-7-21-37(34)49-38)27-23-24-29-31-16-9-18-33(42(31)51-39(29)25-27)32-17-8-15-30-28-13-4-6-20-36(28)50-41(30)32/h1-25,43-48H. The van der Waals surface area contributed by atoms with Crippen LogP contribution in [0.15, 0.2) is 165 Å². The van der Waals surface area contributed by atoms with Gasteiger partial charge in [-0.1, -0.05) is 127 Å². The summed E-state index contributed by atoms with van der Waals surface area (Å²) in [6, 6.07) is 52.6. The summed E-state index contributed by atoms with van der Waals surface area (Å²) in [5.41, 5.74) is 10.6. The fourth-order valence-electron chi connectivity index (χ4n) is 8.06. The van der Waals surface area contributed by atoms with E-state index < -0.39 is 0 Å². The van der Waals surface area contributed by atoms with Gasteiger partial charge in [0.25, 0.3) is 0 Å². The minimum Gasteiger partial charge on any atom is -0.456 e. The van der Waals surface area contributed by atoms with Crippen LogP contribution in [0.25, 0.3) is 76.9 Å². The quantitative estimate of drug-likeness (QED) is 0.174. The highest BCUT2D eigenvalue weighted by molar-refractivity contribution is 6.15. The van der Waals surface area contributed by atoms with E-state index in [1.165, 1.54) is 0 Å². The van der Waals surface area contributed by atoms with Gasteiger partial charge in [-0.3, -0.25) is 16.0 Å². The van der Waals surface area contributed by atoms with E-state index in [2.05, 4.69) is 137 Å². The molecule has 0 aliphatic carbocycles. The summed E-state index contributed by atoms with van der Waals surface area (Å²) in [6.07, 6.45) is -0.470. The Morgan fingerprint density at radius 1 is 0.353 bits per heavy atom. The molecular weight excluding hydrogens is 631 g/mol. The zero-order valence-electron chi connectivity index (χ0n) is 27.4. The third kappa shape index (κ3) is 4.48. The number of hydrogen-bond donors (Lipinski definition) is 3. The van der Waals surface area contributed by atoms with E-state index in [0.717, 1.165) is 93.6 Å². The summed E-state index contributed by atoms with van der Waals surface area (Å²) in [7, 11) is 0. The minimum atomic E-state index is -0.184. The van der Waals surface area contributed by atoms with Crippen molar-refractivity contribution in [2.75, 3.05) is 0 Å². The van der Waals surface area contributed by atoms with Crippen LogP contribution in [0.5, 0.6) is 0 Å². The molecule has 0 radical (unpaired) electrons. The molecule has 244 valence electrons. The molecule has 1 aliphatic rings. The first-order valence-electron chi connectivity index (χ1n) is 17.4. The highest BCUT2D eigenvalue weighted by Gasteiger charge is 2.31. The van der Waals surface area contributed by atoms with Gasteiger partial charge in [0.1, 0.15) is 33.5 Å². The minimum absolute atomic E-state index is 0.113. The average Bonchev–Trinajstić information content (AvgIpc) is 3.89. The monoisotopic (exact) mass is 661 g/mol. The summed E-state index contributed by atoms with van der Waals surface area (Å²) in [4.78, 5) is 0. The highest BCUT2D eigenvalue weighted by Crippen LogP contribution is 2.42. The number of para-hydroxylation sites is 4. The molecule has 10 aromatic rings. The fourth-order valence-corrected chi connectivity index (χ4v) is 8.06. The van der Waals surface area contributed by atoms with Crippen molar-refractivity contribution >= 4 is 65.8 Å². The van der Waals surface area contributed by atoms with Crippen LogP contribution in [-0.4, -0.2) is 0 Å². The molecule has 0 spiro atoms. The molecule has 0 saturated carbocycles. The molecule has 3 N–H and O–H groups in total. The van der Waals surface area contributed by atoms with Crippen LogP contribution in [0.4, 0.5) is 0 Å². The summed E-state index contributed by atoms with van der Waals surface area (Å²) in [6.45, 7) is 0. The van der Waals surface area contributed by atoms with E-state index in [1.54, 1.807) is 0 Å². The molecule has 7 aromatic carbocycles. The van der Waals surface area contributed by atoms with E-state index in [0.29, 0.717) is 0 Å². The molecule has 6 nitrogen and oxygen atoms in total. The molecule has 11 rings (SSSR count). The number of nitrogens with one attached hydrogen (secondary N) is 3. The van der Waals surface area contributed by atoms with Crippen molar-refractivity contribution in [1.82, 2.24) is 16.0 Å². The molecule has 3 unspecified atom stereocenters. The Balaban J connectivity index is 1.03. The van der Waals surface area contributed by atoms with Gasteiger partial charge < -0.3 is 13.3 Å². The lowest BCUT2D eigenvalue weighted by molar-refractivity contribution is 0.204. The first-order valence-corrected chi connectivity index (χ1v) is 17.4. The molecule has 1 fully saturated rings. The maximum atomic E-state index is 6.79. The second kappa shape index (κ2) is 11.2. The van der Waals surface area contributed by atoms with Gasteiger partial charge in [-0.05, 0) is 41.0 Å². The Morgan fingerprint density at radius 2 is 0.902 bits per heavy atom. The fraction of sp³-hybridized carbons (Fsp3) is 0.0667. The van der Waals surface area contributed by atoms with Crippen molar-refractivity contribution in [3.8, 4) is 11.1 Å². The first-order chi connectivity index (χ1) is 25.3. The predicted octanol–water partition coefficient (Wildman–Crippen LogP) is 11.2. The largest absolute Gasteiger partial charge is 0.456 e. The van der Waals surface area contributed by atoms with Crippen LogP contribution in [-0.2, 0) is 0 Å². The van der Waals surface area contributed by atoms with Crippen molar-refractivity contribution < 1.29 is 13.3 Å². The zero-order chi connectivity index (χ0) is 33.5. The molecule has 3 aromatic heterocycles. The predicted molar refractivity (Wildman–Crippen MR) is 204 cm³/mol. The van der Waals surface area contributed by atoms with Crippen LogP contribution in [0.2, 0.25) is 0 Å². The number of rotatable bonds is 4. The van der Waals surface area contributed by atoms with Gasteiger partial charge >= 0.3 is 0 Å². The van der Waals surface area contributed by atoms with E-state index in [4.69, 9.17) is 13.3 Å². The summed E-state index contributed by atoms with van der Waals surface area (Å²) in [5.74, 6) is 0. The van der Waals surface area contributed by atoms with Crippen molar-refractivity contribution in [3.63, 3.8) is 0 Å². The lowest BCUT2D eigenvalue weighted by Crippen LogP contribution is -2.54. The molecular formula is C45H31N3O3. The second-order valence-corrected chi connectivity index (χ2v) is 13.3. The van der Waals surface area contributed by atoms with Crippen LogP contribution in [0.1, 0.15) is 35.2 Å². The van der Waals surface area contributed by atoms with Gasteiger partial charge in [0.15, 0.2) is 0 Å². The van der Waals surface area contributed by atoms with E-state index in [9.17, 15) is 0 Å². The molecule has 0 bridgehead atoms. The van der Waals surface area contributed by atoms with Gasteiger partial charge in [0.2, 0.25) is 0 Å². The smallest absolute Gasteiger partial charge is 0.143 e. The summed E-state index contributed by atoms with van der Waals surface area (Å²) in [5, 5.41) is 18.1. The van der Waals surface area contributed by atoms with Crippen LogP contribution in [0, 0.1) is 0 Å². The van der Waals surface area contributed by atoms with Gasteiger partial charge in [-0.25, -0.2) is 0 Å². The van der Waals surface area contributed by atoms with Gasteiger partial charge in [0.05, 0.1) is 18.5 Å². The summed E-state index contributed by atoms with van der Waals surface area (Å²) >= 11 is 0. The highest BCUT2D eigenvalue weighted by atomic mass is 16.3. The normalized spacial score (nSPS) is 18.2. The zero-order valence-corrected chi connectivity index (χ0v) is 27.4. The molecule has 6 heteroatoms. The SMILES string of the molecule is c1ccc(C2NC(c3ccc4c(c3)oc3c(-c5cccc6c5oc5ccccc56)cccc34)NC(c3cccc4oc5ccccc5c34)N2)cc1. The number of hydrogen-bond acceptors (Lipinski definition) is 6. The van der Waals surface area contributed by atoms with E-state index in [1.807, 2.05) is 30.3 Å². The third-order valence-electron chi connectivity index (χ3n) is 10.4. The van der Waals surface area contributed by atoms with Crippen LogP contribution < -0.4 is 16.0 Å². The molecule has 51 heavy (non-hydrogen) atoms. The van der Waals surface area contributed by atoms with Crippen molar-refractivity contribution in [1.29, 1.82) is 0 Å². The number of benzene rings is 7. The van der Waals surface area contributed by atoms with Crippen molar-refractivity contribution in [3.05, 3.63) is 168 Å². The Kier molecular flexibility index (Phi) is 6.27. The van der Waals surface area contributed by atoms with Gasteiger partial charge in [0, 0.05) is 43.4 Å². The maximum absolute atomic E-state index is 6.79. The Bertz CT molecular complexity index is 2940. The first kappa shape index (κ1) is 28.6. The van der Waals surface area contributed by atoms with Gasteiger partial charge in [-0.2, -0.15) is 0 Å². The van der Waals surface area contributed by atoms with E-state index >= 15 is 0 Å². The topological polar surface area (TPSA) is 75.5 Å². The Morgan fingerprint density at radius 3 is 1.67 bits per heavy atom.